The predicted molar refractivity (Wildman–Crippen MR) is 126 cm³/mol. The quantitative estimate of drug-likeness (QED) is 0.431. The summed E-state index contributed by atoms with van der Waals surface area (Å²) in [5.74, 6) is 0.0376. The molecular formula is C25H27ClN2O5. The van der Waals surface area contributed by atoms with Crippen molar-refractivity contribution in [3.8, 4) is 11.5 Å². The number of benzene rings is 2. The number of nitrogens with zero attached hydrogens (tertiary/aromatic N) is 1. The molecule has 1 amide bonds. The molecule has 2 aromatic carbocycles. The molecule has 4 rings (SSSR count). The van der Waals surface area contributed by atoms with E-state index < -0.39 is 18.1 Å². The third kappa shape index (κ3) is 4.13. The summed E-state index contributed by atoms with van der Waals surface area (Å²) in [6.45, 7) is 3.88. The summed E-state index contributed by atoms with van der Waals surface area (Å²) in [5.41, 5.74) is 3.52. The summed E-state index contributed by atoms with van der Waals surface area (Å²) in [5, 5.41) is 1.01. The minimum atomic E-state index is -0.810. The molecule has 1 aromatic heterocycles. The van der Waals surface area contributed by atoms with Crippen molar-refractivity contribution < 1.29 is 23.8 Å². The SMILES string of the molecule is COC(=O)[C@H]1Cc2c([nH]c3ccccc23)[C@@H](c2ccc(OC(C)C)c(OC)c2)N1C(=O)CCl. The maximum absolute atomic E-state index is 13.1. The average Bonchev–Trinajstić information content (AvgIpc) is 3.20. The average molecular weight is 471 g/mol. The summed E-state index contributed by atoms with van der Waals surface area (Å²) < 4.78 is 16.5. The molecule has 3 aromatic rings. The number of hydrogen-bond acceptors (Lipinski definition) is 5. The van der Waals surface area contributed by atoms with E-state index in [2.05, 4.69) is 4.98 Å². The van der Waals surface area contributed by atoms with Crippen LogP contribution in [-0.4, -0.2) is 54.0 Å². The smallest absolute Gasteiger partial charge is 0.328 e. The van der Waals surface area contributed by atoms with Crippen LogP contribution in [0.15, 0.2) is 42.5 Å². The minimum absolute atomic E-state index is 0.0298. The zero-order valence-electron chi connectivity index (χ0n) is 19.1. The van der Waals surface area contributed by atoms with Crippen molar-refractivity contribution in [3.63, 3.8) is 0 Å². The minimum Gasteiger partial charge on any atom is -0.493 e. The Bertz CT molecular complexity index is 1190. The second kappa shape index (κ2) is 9.35. The molecule has 0 unspecified atom stereocenters. The van der Waals surface area contributed by atoms with E-state index in [9.17, 15) is 9.59 Å². The number of rotatable bonds is 6. The summed E-state index contributed by atoms with van der Waals surface area (Å²) in [6.07, 6.45) is 0.300. The van der Waals surface area contributed by atoms with Crippen LogP contribution < -0.4 is 9.47 Å². The van der Waals surface area contributed by atoms with Gasteiger partial charge in [0.05, 0.1) is 26.4 Å². The molecule has 1 N–H and O–H groups in total. The maximum Gasteiger partial charge on any atom is 0.328 e. The highest BCUT2D eigenvalue weighted by Crippen LogP contribution is 2.43. The topological polar surface area (TPSA) is 80.9 Å². The Morgan fingerprint density at radius 1 is 1.15 bits per heavy atom. The fourth-order valence-electron chi connectivity index (χ4n) is 4.54. The normalized spacial score (nSPS) is 17.7. The summed E-state index contributed by atoms with van der Waals surface area (Å²) in [7, 11) is 2.90. The molecule has 1 aliphatic heterocycles. The molecule has 174 valence electrons. The van der Waals surface area contributed by atoms with Gasteiger partial charge in [-0.3, -0.25) is 4.79 Å². The number of aromatic amines is 1. The van der Waals surface area contributed by atoms with Crippen molar-refractivity contribution >= 4 is 34.4 Å². The number of halogens is 1. The lowest BCUT2D eigenvalue weighted by Crippen LogP contribution is -2.52. The number of para-hydroxylation sites is 1. The maximum atomic E-state index is 13.1. The number of methoxy groups -OCH3 is 2. The van der Waals surface area contributed by atoms with E-state index >= 15 is 0 Å². The van der Waals surface area contributed by atoms with Gasteiger partial charge >= 0.3 is 5.97 Å². The largest absolute Gasteiger partial charge is 0.493 e. The Hall–Kier alpha value is -3.19. The second-order valence-electron chi connectivity index (χ2n) is 8.22. The standard InChI is InChI=1S/C25H27ClN2O5/c1-14(2)33-20-10-9-15(11-21(20)31-3)24-23-17(16-7-5-6-8-18(16)27-23)12-19(25(30)32-4)28(24)22(29)13-26/h5-11,14,19,24,27H,12-13H2,1-4H3/t19-,24-/m1/s1. The third-order valence-electron chi connectivity index (χ3n) is 5.87. The first kappa shape index (κ1) is 23.0. The predicted octanol–water partition coefficient (Wildman–Crippen LogP) is 4.22. The Balaban J connectivity index is 1.94. The Morgan fingerprint density at radius 3 is 2.58 bits per heavy atom. The van der Waals surface area contributed by atoms with Crippen molar-refractivity contribution in [2.75, 3.05) is 20.1 Å². The molecule has 0 saturated carbocycles. The van der Waals surface area contributed by atoms with Crippen LogP contribution in [0.2, 0.25) is 0 Å². The molecule has 0 radical (unpaired) electrons. The fraction of sp³-hybridized carbons (Fsp3) is 0.360. The van der Waals surface area contributed by atoms with Gasteiger partial charge in [-0.05, 0) is 43.2 Å². The molecule has 2 atom stereocenters. The van der Waals surface area contributed by atoms with Crippen molar-refractivity contribution in [2.24, 2.45) is 0 Å². The summed E-state index contributed by atoms with van der Waals surface area (Å²) >= 11 is 6.00. The van der Waals surface area contributed by atoms with Crippen LogP contribution in [0.4, 0.5) is 0 Å². The number of ether oxygens (including phenoxy) is 3. The van der Waals surface area contributed by atoms with Crippen LogP contribution >= 0.6 is 11.6 Å². The molecule has 2 heterocycles. The number of hydrogen-bond donors (Lipinski definition) is 1. The van der Waals surface area contributed by atoms with Gasteiger partial charge in [0.15, 0.2) is 11.5 Å². The zero-order chi connectivity index (χ0) is 23.7. The fourth-order valence-corrected chi connectivity index (χ4v) is 4.68. The summed E-state index contributed by atoms with van der Waals surface area (Å²) in [6, 6.07) is 12.0. The molecule has 33 heavy (non-hydrogen) atoms. The van der Waals surface area contributed by atoms with Crippen molar-refractivity contribution in [2.45, 2.75) is 38.5 Å². The van der Waals surface area contributed by atoms with Crippen LogP contribution in [0.1, 0.15) is 36.7 Å². The first-order valence-electron chi connectivity index (χ1n) is 10.8. The zero-order valence-corrected chi connectivity index (χ0v) is 19.8. The number of aromatic nitrogens is 1. The molecular weight excluding hydrogens is 444 g/mol. The van der Waals surface area contributed by atoms with Gasteiger partial charge in [-0.1, -0.05) is 24.3 Å². The molecule has 8 heteroatoms. The van der Waals surface area contributed by atoms with Crippen LogP contribution in [0.5, 0.6) is 11.5 Å². The lowest BCUT2D eigenvalue weighted by Gasteiger charge is -2.40. The van der Waals surface area contributed by atoms with Crippen LogP contribution in [0.3, 0.4) is 0 Å². The van der Waals surface area contributed by atoms with Gasteiger partial charge in [0.2, 0.25) is 5.91 Å². The first-order valence-corrected chi connectivity index (χ1v) is 11.3. The number of alkyl halides is 1. The van der Waals surface area contributed by atoms with Crippen molar-refractivity contribution in [1.29, 1.82) is 0 Å². The van der Waals surface area contributed by atoms with E-state index in [4.69, 9.17) is 25.8 Å². The van der Waals surface area contributed by atoms with Gasteiger partial charge in [-0.15, -0.1) is 11.6 Å². The van der Waals surface area contributed by atoms with Gasteiger partial charge in [-0.25, -0.2) is 4.79 Å². The number of carbonyl (C=O) groups excluding carboxylic acids is 2. The van der Waals surface area contributed by atoms with Crippen LogP contribution in [-0.2, 0) is 20.7 Å². The van der Waals surface area contributed by atoms with Crippen LogP contribution in [0.25, 0.3) is 10.9 Å². The molecule has 7 nitrogen and oxygen atoms in total. The molecule has 0 aliphatic carbocycles. The molecule has 1 aliphatic rings. The molecule has 0 fully saturated rings. The highest BCUT2D eigenvalue weighted by molar-refractivity contribution is 6.27. The first-order chi connectivity index (χ1) is 15.9. The van der Waals surface area contributed by atoms with Gasteiger partial charge < -0.3 is 24.1 Å². The Kier molecular flexibility index (Phi) is 6.51. The highest BCUT2D eigenvalue weighted by atomic mass is 35.5. The molecule has 0 saturated heterocycles. The number of amides is 1. The van der Waals surface area contributed by atoms with E-state index in [1.165, 1.54) is 12.0 Å². The number of H-pyrrole nitrogens is 1. The van der Waals surface area contributed by atoms with E-state index in [0.717, 1.165) is 27.7 Å². The number of carbonyl (C=O) groups is 2. The van der Waals surface area contributed by atoms with E-state index in [1.807, 2.05) is 56.3 Å². The monoisotopic (exact) mass is 470 g/mol. The third-order valence-corrected chi connectivity index (χ3v) is 6.10. The highest BCUT2D eigenvalue weighted by Gasteiger charge is 2.44. The van der Waals surface area contributed by atoms with Gasteiger partial charge in [0.1, 0.15) is 11.9 Å². The van der Waals surface area contributed by atoms with Gasteiger partial charge in [-0.2, -0.15) is 0 Å². The number of nitrogens with one attached hydrogen (secondary N) is 1. The van der Waals surface area contributed by atoms with E-state index in [-0.39, 0.29) is 17.9 Å². The second-order valence-corrected chi connectivity index (χ2v) is 8.49. The van der Waals surface area contributed by atoms with Crippen molar-refractivity contribution in [1.82, 2.24) is 9.88 Å². The summed E-state index contributed by atoms with van der Waals surface area (Å²) in [4.78, 5) is 30.9. The van der Waals surface area contributed by atoms with E-state index in [1.54, 1.807) is 7.11 Å². The Morgan fingerprint density at radius 2 is 1.91 bits per heavy atom. The van der Waals surface area contributed by atoms with Gasteiger partial charge in [0, 0.05) is 23.0 Å². The van der Waals surface area contributed by atoms with Gasteiger partial charge in [0.25, 0.3) is 0 Å². The lowest BCUT2D eigenvalue weighted by atomic mass is 9.87. The Labute approximate surface area is 197 Å². The van der Waals surface area contributed by atoms with Crippen molar-refractivity contribution in [3.05, 3.63) is 59.3 Å². The van der Waals surface area contributed by atoms with Crippen LogP contribution in [0, 0.1) is 0 Å². The number of fused-ring (bicyclic) bond motifs is 3. The molecule has 0 bridgehead atoms. The van der Waals surface area contributed by atoms with E-state index in [0.29, 0.717) is 17.9 Å². The number of esters is 1. The molecule has 0 spiro atoms. The lowest BCUT2D eigenvalue weighted by molar-refractivity contribution is -0.154.